The van der Waals surface area contributed by atoms with Crippen LogP contribution in [0.4, 0.5) is 11.8 Å². The molecule has 8 heteroatoms. The molecule has 5 heterocycles. The van der Waals surface area contributed by atoms with Gasteiger partial charge in [-0.05, 0) is 45.2 Å². The number of nitrogens with zero attached hydrogens (tertiary/aromatic N) is 6. The van der Waals surface area contributed by atoms with Crippen LogP contribution in [-0.4, -0.2) is 63.3 Å². The maximum absolute atomic E-state index is 5.65. The highest BCUT2D eigenvalue weighted by Crippen LogP contribution is 2.31. The van der Waals surface area contributed by atoms with Gasteiger partial charge in [0.25, 0.3) is 0 Å². The first-order chi connectivity index (χ1) is 14.2. The SMILES string of the molecule is C[C@@H]1CCCCN1c1nc(N2CCOC[C@H]2C)c2[nH]c(-c3ccccn3)nc2n1. The van der Waals surface area contributed by atoms with Gasteiger partial charge in [0.15, 0.2) is 17.3 Å². The molecule has 0 bridgehead atoms. The quantitative estimate of drug-likeness (QED) is 0.732. The first kappa shape index (κ1) is 18.3. The van der Waals surface area contributed by atoms with Crippen LogP contribution in [0.1, 0.15) is 33.1 Å². The summed E-state index contributed by atoms with van der Waals surface area (Å²) in [5.74, 6) is 2.41. The zero-order valence-electron chi connectivity index (χ0n) is 17.0. The molecule has 0 aromatic carbocycles. The summed E-state index contributed by atoms with van der Waals surface area (Å²) in [7, 11) is 0. The zero-order valence-corrected chi connectivity index (χ0v) is 17.0. The number of aromatic nitrogens is 5. The Labute approximate surface area is 170 Å². The van der Waals surface area contributed by atoms with Gasteiger partial charge in [-0.25, -0.2) is 4.98 Å². The molecule has 0 amide bonds. The molecular formula is C21H27N7O. The van der Waals surface area contributed by atoms with Crippen LogP contribution in [0.3, 0.4) is 0 Å². The standard InChI is InChI=1S/C21H27N7O/c1-14-7-4-6-10-28(14)21-25-19-17(20(26-21)27-11-12-29-13-15(27)2)23-18(24-19)16-8-3-5-9-22-16/h3,5,8-9,14-15H,4,6-7,10-13H2,1-2H3,(H,23,24,25,26)/t14-,15-/m1/s1. The van der Waals surface area contributed by atoms with E-state index in [0.717, 1.165) is 41.9 Å². The number of rotatable bonds is 3. The Morgan fingerprint density at radius 3 is 2.76 bits per heavy atom. The topological polar surface area (TPSA) is 83.1 Å². The summed E-state index contributed by atoms with van der Waals surface area (Å²) in [5, 5.41) is 0. The van der Waals surface area contributed by atoms with E-state index in [1.165, 1.54) is 19.3 Å². The van der Waals surface area contributed by atoms with Crippen molar-refractivity contribution in [3.05, 3.63) is 24.4 Å². The van der Waals surface area contributed by atoms with Gasteiger partial charge in [-0.15, -0.1) is 0 Å². The third-order valence-corrected chi connectivity index (χ3v) is 5.93. The summed E-state index contributed by atoms with van der Waals surface area (Å²) in [6.07, 6.45) is 5.39. The number of anilines is 2. The molecule has 3 aromatic heterocycles. The normalized spacial score (nSPS) is 23.0. The van der Waals surface area contributed by atoms with Crippen molar-refractivity contribution in [3.8, 4) is 11.5 Å². The second-order valence-electron chi connectivity index (χ2n) is 8.00. The second kappa shape index (κ2) is 7.59. The molecule has 0 aliphatic carbocycles. The highest BCUT2D eigenvalue weighted by molar-refractivity contribution is 5.87. The van der Waals surface area contributed by atoms with Gasteiger partial charge in [0.05, 0.1) is 19.3 Å². The van der Waals surface area contributed by atoms with Crippen LogP contribution < -0.4 is 9.80 Å². The van der Waals surface area contributed by atoms with Crippen molar-refractivity contribution in [2.24, 2.45) is 0 Å². The van der Waals surface area contributed by atoms with Crippen molar-refractivity contribution >= 4 is 22.9 Å². The molecule has 3 aromatic rings. The number of fused-ring (bicyclic) bond motifs is 1. The lowest BCUT2D eigenvalue weighted by Gasteiger charge is -2.36. The lowest BCUT2D eigenvalue weighted by Crippen LogP contribution is -2.45. The van der Waals surface area contributed by atoms with Crippen LogP contribution in [0.5, 0.6) is 0 Å². The number of aromatic amines is 1. The number of imidazole rings is 1. The molecule has 0 spiro atoms. The summed E-state index contributed by atoms with van der Waals surface area (Å²) < 4.78 is 5.65. The van der Waals surface area contributed by atoms with Gasteiger partial charge in [-0.3, -0.25) is 4.98 Å². The predicted molar refractivity (Wildman–Crippen MR) is 113 cm³/mol. The largest absolute Gasteiger partial charge is 0.377 e. The van der Waals surface area contributed by atoms with Gasteiger partial charge in [-0.1, -0.05) is 6.07 Å². The van der Waals surface area contributed by atoms with Gasteiger partial charge < -0.3 is 19.5 Å². The first-order valence-electron chi connectivity index (χ1n) is 10.5. The molecule has 2 saturated heterocycles. The van der Waals surface area contributed by atoms with Gasteiger partial charge in [-0.2, -0.15) is 9.97 Å². The predicted octanol–water partition coefficient (Wildman–Crippen LogP) is 3.02. The number of morpholine rings is 1. The minimum Gasteiger partial charge on any atom is -0.377 e. The average Bonchev–Trinajstić information content (AvgIpc) is 3.19. The van der Waals surface area contributed by atoms with Crippen molar-refractivity contribution in [1.82, 2.24) is 24.9 Å². The van der Waals surface area contributed by atoms with E-state index in [1.54, 1.807) is 6.20 Å². The Morgan fingerprint density at radius 2 is 1.97 bits per heavy atom. The summed E-state index contributed by atoms with van der Waals surface area (Å²) in [6, 6.07) is 6.51. The molecule has 29 heavy (non-hydrogen) atoms. The lowest BCUT2D eigenvalue weighted by atomic mass is 10.0. The van der Waals surface area contributed by atoms with Crippen LogP contribution in [0.2, 0.25) is 0 Å². The summed E-state index contributed by atoms with van der Waals surface area (Å²) in [5.41, 5.74) is 2.37. The smallest absolute Gasteiger partial charge is 0.229 e. The van der Waals surface area contributed by atoms with Gasteiger partial charge in [0.1, 0.15) is 11.2 Å². The van der Waals surface area contributed by atoms with Gasteiger partial charge in [0, 0.05) is 25.3 Å². The Balaban J connectivity index is 1.65. The maximum Gasteiger partial charge on any atom is 0.229 e. The van der Waals surface area contributed by atoms with E-state index < -0.39 is 0 Å². The van der Waals surface area contributed by atoms with Crippen molar-refractivity contribution in [1.29, 1.82) is 0 Å². The van der Waals surface area contributed by atoms with Crippen molar-refractivity contribution in [3.63, 3.8) is 0 Å². The number of hydrogen-bond donors (Lipinski definition) is 1. The Bertz CT molecular complexity index is 989. The first-order valence-corrected chi connectivity index (χ1v) is 10.5. The van der Waals surface area contributed by atoms with Crippen molar-refractivity contribution < 1.29 is 4.74 Å². The number of H-pyrrole nitrogens is 1. The fourth-order valence-electron chi connectivity index (χ4n) is 4.27. The van der Waals surface area contributed by atoms with Crippen LogP contribution >= 0.6 is 0 Å². The Hall–Kier alpha value is -2.74. The fraction of sp³-hybridized carbons (Fsp3) is 0.524. The van der Waals surface area contributed by atoms with Crippen molar-refractivity contribution in [2.75, 3.05) is 36.1 Å². The molecule has 2 aliphatic rings. The maximum atomic E-state index is 5.65. The minimum atomic E-state index is 0.245. The van der Waals surface area contributed by atoms with E-state index in [9.17, 15) is 0 Å². The third kappa shape index (κ3) is 3.42. The van der Waals surface area contributed by atoms with E-state index >= 15 is 0 Å². The monoisotopic (exact) mass is 393 g/mol. The number of hydrogen-bond acceptors (Lipinski definition) is 7. The molecule has 152 valence electrons. The summed E-state index contributed by atoms with van der Waals surface area (Å²) in [4.78, 5) is 27.2. The summed E-state index contributed by atoms with van der Waals surface area (Å²) >= 11 is 0. The van der Waals surface area contributed by atoms with Crippen LogP contribution in [-0.2, 0) is 4.74 Å². The van der Waals surface area contributed by atoms with E-state index in [2.05, 4.69) is 33.6 Å². The molecule has 0 unspecified atom stereocenters. The summed E-state index contributed by atoms with van der Waals surface area (Å²) in [6.45, 7) is 7.62. The second-order valence-corrected chi connectivity index (χ2v) is 8.00. The van der Waals surface area contributed by atoms with Gasteiger partial charge in [0.2, 0.25) is 5.95 Å². The average molecular weight is 393 g/mol. The Morgan fingerprint density at radius 1 is 1.03 bits per heavy atom. The molecule has 2 fully saturated rings. The van der Waals surface area contributed by atoms with Gasteiger partial charge >= 0.3 is 0 Å². The fourth-order valence-corrected chi connectivity index (χ4v) is 4.27. The highest BCUT2D eigenvalue weighted by atomic mass is 16.5. The van der Waals surface area contributed by atoms with E-state index in [0.29, 0.717) is 24.9 Å². The van der Waals surface area contributed by atoms with Crippen LogP contribution in [0, 0.1) is 0 Å². The molecule has 0 saturated carbocycles. The number of ether oxygens (including phenoxy) is 1. The highest BCUT2D eigenvalue weighted by Gasteiger charge is 2.28. The molecule has 2 aliphatic heterocycles. The zero-order chi connectivity index (χ0) is 19.8. The molecular weight excluding hydrogens is 366 g/mol. The van der Waals surface area contributed by atoms with E-state index in [4.69, 9.17) is 19.7 Å². The van der Waals surface area contributed by atoms with E-state index in [-0.39, 0.29) is 6.04 Å². The molecule has 5 rings (SSSR count). The molecule has 8 nitrogen and oxygen atoms in total. The molecule has 2 atom stereocenters. The number of nitrogens with one attached hydrogen (secondary N) is 1. The minimum absolute atomic E-state index is 0.245. The van der Waals surface area contributed by atoms with E-state index in [1.807, 2.05) is 18.2 Å². The molecule has 0 radical (unpaired) electrons. The third-order valence-electron chi connectivity index (χ3n) is 5.93. The van der Waals surface area contributed by atoms with Crippen molar-refractivity contribution in [2.45, 2.75) is 45.2 Å². The van der Waals surface area contributed by atoms with Crippen LogP contribution in [0.15, 0.2) is 24.4 Å². The molecule has 1 N–H and O–H groups in total. The number of pyridine rings is 1. The Kier molecular flexibility index (Phi) is 4.79. The number of piperidine rings is 1. The van der Waals surface area contributed by atoms with Crippen LogP contribution in [0.25, 0.3) is 22.7 Å². The lowest BCUT2D eigenvalue weighted by molar-refractivity contribution is 0.0986.